The van der Waals surface area contributed by atoms with Gasteiger partial charge in [0.1, 0.15) is 11.9 Å². The van der Waals surface area contributed by atoms with E-state index in [1.165, 1.54) is 30.5 Å². The third-order valence-electron chi connectivity index (χ3n) is 4.28. The Morgan fingerprint density at radius 1 is 1.24 bits per heavy atom. The van der Waals surface area contributed by atoms with E-state index in [2.05, 4.69) is 16.1 Å². The zero-order valence-corrected chi connectivity index (χ0v) is 15.2. The number of halogens is 1. The molecule has 0 saturated heterocycles. The Labute approximate surface area is 148 Å². The van der Waals surface area contributed by atoms with Gasteiger partial charge in [-0.15, -0.1) is 0 Å². The lowest BCUT2D eigenvalue weighted by atomic mass is 9.97. The number of amides is 1. The van der Waals surface area contributed by atoms with Gasteiger partial charge in [-0.1, -0.05) is 18.6 Å². The van der Waals surface area contributed by atoms with Gasteiger partial charge in [0.05, 0.1) is 4.90 Å². The molecule has 7 heteroatoms. The van der Waals surface area contributed by atoms with Crippen LogP contribution in [0.2, 0.25) is 0 Å². The molecule has 0 heterocycles. The summed E-state index contributed by atoms with van der Waals surface area (Å²) in [4.78, 5) is 12.2. The average molecular weight is 368 g/mol. The quantitative estimate of drug-likeness (QED) is 0.693. The second-order valence-corrected chi connectivity index (χ2v) is 7.90. The van der Waals surface area contributed by atoms with Crippen molar-refractivity contribution >= 4 is 15.9 Å². The summed E-state index contributed by atoms with van der Waals surface area (Å²) < 4.78 is 40.0. The molecule has 0 spiro atoms. The molecule has 1 aliphatic carbocycles. The van der Waals surface area contributed by atoms with Crippen molar-refractivity contribution in [3.63, 3.8) is 0 Å². The molecule has 0 bridgehead atoms. The van der Waals surface area contributed by atoms with Gasteiger partial charge in [0, 0.05) is 6.54 Å². The summed E-state index contributed by atoms with van der Waals surface area (Å²) in [6, 6.07) is 3.66. The molecule has 1 aromatic carbocycles. The molecular weight excluding hydrogens is 343 g/mol. The summed E-state index contributed by atoms with van der Waals surface area (Å²) in [7, 11) is -3.87. The SMILES string of the molecule is CCC(NS(=O)(=O)c1ccc(F)cc1)C(=O)NCCC1=CCCCC1. The van der Waals surface area contributed by atoms with Crippen LogP contribution in [0, 0.1) is 5.82 Å². The average Bonchev–Trinajstić information content (AvgIpc) is 2.61. The summed E-state index contributed by atoms with van der Waals surface area (Å²) >= 11 is 0. The summed E-state index contributed by atoms with van der Waals surface area (Å²) in [6.07, 6.45) is 7.93. The Bertz CT molecular complexity index is 714. The van der Waals surface area contributed by atoms with Crippen LogP contribution < -0.4 is 10.0 Å². The molecule has 5 nitrogen and oxygen atoms in total. The molecule has 1 amide bonds. The van der Waals surface area contributed by atoms with Crippen LogP contribution in [0.25, 0.3) is 0 Å². The van der Waals surface area contributed by atoms with Crippen LogP contribution in [-0.2, 0) is 14.8 Å². The van der Waals surface area contributed by atoms with Gasteiger partial charge in [-0.05, 0) is 62.8 Å². The lowest BCUT2D eigenvalue weighted by Gasteiger charge is -2.18. The number of carbonyl (C=O) groups is 1. The number of benzene rings is 1. The van der Waals surface area contributed by atoms with Crippen molar-refractivity contribution in [2.75, 3.05) is 6.54 Å². The number of allylic oxidation sites excluding steroid dienone is 1. The molecular formula is C18H25FN2O3S. The molecule has 0 aromatic heterocycles. The first kappa shape index (κ1) is 19.6. The van der Waals surface area contributed by atoms with Gasteiger partial charge < -0.3 is 5.32 Å². The van der Waals surface area contributed by atoms with E-state index < -0.39 is 21.9 Å². The molecule has 2 N–H and O–H groups in total. The summed E-state index contributed by atoms with van der Waals surface area (Å²) in [6.45, 7) is 2.24. The van der Waals surface area contributed by atoms with Crippen molar-refractivity contribution in [2.24, 2.45) is 0 Å². The largest absolute Gasteiger partial charge is 0.354 e. The first-order valence-corrected chi connectivity index (χ1v) is 10.1. The van der Waals surface area contributed by atoms with Crippen molar-refractivity contribution in [2.45, 2.75) is 56.4 Å². The maximum absolute atomic E-state index is 12.9. The first-order chi connectivity index (χ1) is 11.9. The Balaban J connectivity index is 1.90. The van der Waals surface area contributed by atoms with E-state index in [1.807, 2.05) is 0 Å². The van der Waals surface area contributed by atoms with E-state index in [9.17, 15) is 17.6 Å². The van der Waals surface area contributed by atoms with Crippen LogP contribution in [-0.4, -0.2) is 26.9 Å². The highest BCUT2D eigenvalue weighted by Crippen LogP contribution is 2.19. The van der Waals surface area contributed by atoms with Crippen molar-refractivity contribution in [1.82, 2.24) is 10.0 Å². The Hall–Kier alpha value is -1.73. The third-order valence-corrected chi connectivity index (χ3v) is 5.76. The van der Waals surface area contributed by atoms with Crippen molar-refractivity contribution in [3.8, 4) is 0 Å². The smallest absolute Gasteiger partial charge is 0.241 e. The molecule has 138 valence electrons. The summed E-state index contributed by atoms with van der Waals surface area (Å²) in [5.74, 6) is -0.856. The number of carbonyl (C=O) groups excluding carboxylic acids is 1. The zero-order chi connectivity index (χ0) is 18.3. The maximum Gasteiger partial charge on any atom is 0.241 e. The second kappa shape index (κ2) is 9.10. The minimum atomic E-state index is -3.87. The van der Waals surface area contributed by atoms with Crippen molar-refractivity contribution in [1.29, 1.82) is 0 Å². The molecule has 0 radical (unpaired) electrons. The predicted molar refractivity (Wildman–Crippen MR) is 95.0 cm³/mol. The number of rotatable bonds is 8. The molecule has 25 heavy (non-hydrogen) atoms. The highest BCUT2D eigenvalue weighted by atomic mass is 32.2. The lowest BCUT2D eigenvalue weighted by Crippen LogP contribution is -2.46. The normalized spacial score (nSPS) is 16.2. The fourth-order valence-corrected chi connectivity index (χ4v) is 4.07. The van der Waals surface area contributed by atoms with Gasteiger partial charge in [-0.25, -0.2) is 12.8 Å². The van der Waals surface area contributed by atoms with E-state index in [-0.39, 0.29) is 10.8 Å². The minimum absolute atomic E-state index is 0.0625. The van der Waals surface area contributed by atoms with Gasteiger partial charge >= 0.3 is 0 Å². The highest BCUT2D eigenvalue weighted by Gasteiger charge is 2.24. The summed E-state index contributed by atoms with van der Waals surface area (Å²) in [5.41, 5.74) is 1.35. The van der Waals surface area contributed by atoms with Crippen LogP contribution in [0.1, 0.15) is 45.4 Å². The highest BCUT2D eigenvalue weighted by molar-refractivity contribution is 7.89. The number of hydrogen-bond acceptors (Lipinski definition) is 3. The van der Waals surface area contributed by atoms with Gasteiger partial charge in [0.2, 0.25) is 15.9 Å². The topological polar surface area (TPSA) is 75.3 Å². The fourth-order valence-electron chi connectivity index (χ4n) is 2.79. The minimum Gasteiger partial charge on any atom is -0.354 e. The van der Waals surface area contributed by atoms with Crippen LogP contribution in [0.4, 0.5) is 4.39 Å². The molecule has 1 atom stereocenters. The number of sulfonamides is 1. The standard InChI is InChI=1S/C18H25FN2O3S/c1-2-17(18(22)20-13-12-14-6-4-3-5-7-14)21-25(23,24)16-10-8-15(19)9-11-16/h6,8-11,17,21H,2-5,7,12-13H2,1H3,(H,20,22). The van der Waals surface area contributed by atoms with Gasteiger partial charge in [0.15, 0.2) is 0 Å². The third kappa shape index (κ3) is 5.93. The van der Waals surface area contributed by atoms with Crippen molar-refractivity contribution < 1.29 is 17.6 Å². The Morgan fingerprint density at radius 2 is 1.96 bits per heavy atom. The lowest BCUT2D eigenvalue weighted by molar-refractivity contribution is -0.122. The van der Waals surface area contributed by atoms with Crippen molar-refractivity contribution in [3.05, 3.63) is 41.7 Å². The molecule has 0 fully saturated rings. The van der Waals surface area contributed by atoms with E-state index in [1.54, 1.807) is 6.92 Å². The van der Waals surface area contributed by atoms with Crippen LogP contribution >= 0.6 is 0 Å². The fraction of sp³-hybridized carbons (Fsp3) is 0.500. The first-order valence-electron chi connectivity index (χ1n) is 8.66. The number of nitrogens with one attached hydrogen (secondary N) is 2. The van der Waals surface area contributed by atoms with Crippen LogP contribution in [0.15, 0.2) is 40.8 Å². The van der Waals surface area contributed by atoms with E-state index >= 15 is 0 Å². The Kier molecular flexibility index (Phi) is 7.13. The van der Waals surface area contributed by atoms with Crippen LogP contribution in [0.3, 0.4) is 0 Å². The van der Waals surface area contributed by atoms with E-state index in [4.69, 9.17) is 0 Å². The van der Waals surface area contributed by atoms with E-state index in [0.717, 1.165) is 31.4 Å². The maximum atomic E-state index is 12.9. The van der Waals surface area contributed by atoms with E-state index in [0.29, 0.717) is 13.0 Å². The van der Waals surface area contributed by atoms with Gasteiger partial charge in [-0.2, -0.15) is 4.72 Å². The molecule has 0 saturated carbocycles. The Morgan fingerprint density at radius 3 is 2.56 bits per heavy atom. The summed E-state index contributed by atoms with van der Waals surface area (Å²) in [5, 5.41) is 2.80. The monoisotopic (exact) mass is 368 g/mol. The molecule has 1 aromatic rings. The predicted octanol–water partition coefficient (Wildman–Crippen LogP) is 2.89. The van der Waals surface area contributed by atoms with Gasteiger partial charge in [-0.3, -0.25) is 4.79 Å². The van der Waals surface area contributed by atoms with Crippen LogP contribution in [0.5, 0.6) is 0 Å². The molecule has 1 unspecified atom stereocenters. The van der Waals surface area contributed by atoms with Gasteiger partial charge in [0.25, 0.3) is 0 Å². The molecule has 1 aliphatic rings. The molecule has 0 aliphatic heterocycles. The zero-order valence-electron chi connectivity index (χ0n) is 14.4. The second-order valence-electron chi connectivity index (χ2n) is 6.19. The number of hydrogen-bond donors (Lipinski definition) is 2. The molecule has 2 rings (SSSR count).